The van der Waals surface area contributed by atoms with Gasteiger partial charge in [-0.25, -0.2) is 0 Å². The number of hydrogen-bond acceptors (Lipinski definition) is 2. The van der Waals surface area contributed by atoms with Crippen LogP contribution < -0.4 is 4.74 Å². The fourth-order valence-electron chi connectivity index (χ4n) is 2.51. The molecule has 0 radical (unpaired) electrons. The molecule has 0 unspecified atom stereocenters. The molecular formula is C18H26O2. The molecule has 0 N–H and O–H groups in total. The molecule has 0 saturated carbocycles. The first-order valence-electron chi connectivity index (χ1n) is 7.47. The topological polar surface area (TPSA) is 21.8 Å². The maximum atomic E-state index is 5.61. The Bertz CT molecular complexity index is 474. The van der Waals surface area contributed by atoms with Gasteiger partial charge in [-0.05, 0) is 64.2 Å². The van der Waals surface area contributed by atoms with Crippen molar-refractivity contribution in [2.24, 2.45) is 0 Å². The lowest BCUT2D eigenvalue weighted by Gasteiger charge is -2.04. The van der Waals surface area contributed by atoms with E-state index >= 15 is 0 Å². The zero-order valence-electron chi connectivity index (χ0n) is 13.1. The molecule has 0 aliphatic carbocycles. The average Bonchev–Trinajstić information content (AvgIpc) is 3.04. The van der Waals surface area contributed by atoms with Gasteiger partial charge < -0.3 is 9.47 Å². The largest absolute Gasteiger partial charge is 0.497 e. The van der Waals surface area contributed by atoms with E-state index in [2.05, 4.69) is 45.0 Å². The van der Waals surface area contributed by atoms with Gasteiger partial charge in [-0.3, -0.25) is 0 Å². The van der Waals surface area contributed by atoms with Gasteiger partial charge in [-0.2, -0.15) is 0 Å². The fraction of sp³-hybridized carbons (Fsp3) is 0.556. The van der Waals surface area contributed by atoms with Crippen LogP contribution in [0.4, 0.5) is 0 Å². The maximum Gasteiger partial charge on any atom is 0.119 e. The van der Waals surface area contributed by atoms with Crippen LogP contribution >= 0.6 is 0 Å². The number of methoxy groups -OCH3 is 1. The zero-order chi connectivity index (χ0) is 14.6. The van der Waals surface area contributed by atoms with Crippen LogP contribution in [0.2, 0.25) is 0 Å². The van der Waals surface area contributed by atoms with Gasteiger partial charge in [0, 0.05) is 0 Å². The molecule has 20 heavy (non-hydrogen) atoms. The lowest BCUT2D eigenvalue weighted by atomic mass is 10.0. The van der Waals surface area contributed by atoms with Gasteiger partial charge in [0.25, 0.3) is 0 Å². The van der Waals surface area contributed by atoms with E-state index in [1.807, 2.05) is 6.07 Å². The van der Waals surface area contributed by atoms with E-state index in [1.165, 1.54) is 11.1 Å². The second-order valence-electron chi connectivity index (χ2n) is 6.19. The zero-order valence-corrected chi connectivity index (χ0v) is 13.1. The molecule has 2 heteroatoms. The standard InChI is InChI=1S/C18H26O2/c1-14(11-12-17-18(2,3)20-17)7-5-8-15-9-6-10-16(13-15)19-4/h6-7,9-10,13,17H,5,8,11-12H2,1-4H3/b14-7+/t17-/m0/s1. The highest BCUT2D eigenvalue weighted by Gasteiger charge is 2.46. The van der Waals surface area contributed by atoms with Crippen LogP contribution in [0.25, 0.3) is 0 Å². The van der Waals surface area contributed by atoms with Gasteiger partial charge >= 0.3 is 0 Å². The first kappa shape index (κ1) is 15.1. The van der Waals surface area contributed by atoms with Crippen molar-refractivity contribution in [1.29, 1.82) is 0 Å². The van der Waals surface area contributed by atoms with Crippen molar-refractivity contribution < 1.29 is 9.47 Å². The van der Waals surface area contributed by atoms with Gasteiger partial charge in [0.15, 0.2) is 0 Å². The van der Waals surface area contributed by atoms with Gasteiger partial charge in [0.2, 0.25) is 0 Å². The summed E-state index contributed by atoms with van der Waals surface area (Å²) in [4.78, 5) is 0. The fourth-order valence-corrected chi connectivity index (χ4v) is 2.51. The third kappa shape index (κ3) is 4.38. The Morgan fingerprint density at radius 2 is 2.15 bits per heavy atom. The van der Waals surface area contributed by atoms with E-state index in [-0.39, 0.29) is 5.60 Å². The molecule has 1 aromatic carbocycles. The van der Waals surface area contributed by atoms with Crippen LogP contribution in [0.1, 0.15) is 45.6 Å². The van der Waals surface area contributed by atoms with Crippen molar-refractivity contribution in [2.45, 2.75) is 58.2 Å². The monoisotopic (exact) mass is 274 g/mol. The quantitative estimate of drug-likeness (QED) is 0.538. The second-order valence-corrected chi connectivity index (χ2v) is 6.19. The summed E-state index contributed by atoms with van der Waals surface area (Å²) < 4.78 is 10.9. The van der Waals surface area contributed by atoms with Crippen LogP contribution in [0, 0.1) is 0 Å². The lowest BCUT2D eigenvalue weighted by Crippen LogP contribution is -2.02. The minimum absolute atomic E-state index is 0.126. The summed E-state index contributed by atoms with van der Waals surface area (Å²) in [5.41, 5.74) is 2.93. The van der Waals surface area contributed by atoms with Gasteiger partial charge in [-0.15, -0.1) is 0 Å². The van der Waals surface area contributed by atoms with Crippen molar-refractivity contribution >= 4 is 0 Å². The van der Waals surface area contributed by atoms with Crippen molar-refractivity contribution in [3.8, 4) is 5.75 Å². The third-order valence-electron chi connectivity index (χ3n) is 4.02. The molecular weight excluding hydrogens is 248 g/mol. The number of epoxide rings is 1. The number of aryl methyl sites for hydroxylation is 1. The molecule has 1 aliphatic rings. The molecule has 1 heterocycles. The van der Waals surface area contributed by atoms with E-state index < -0.39 is 0 Å². The number of allylic oxidation sites excluding steroid dienone is 2. The SMILES string of the molecule is COc1cccc(CC/C=C(\C)CC[C@@H]2OC2(C)C)c1. The van der Waals surface area contributed by atoms with E-state index in [1.54, 1.807) is 7.11 Å². The molecule has 2 rings (SSSR count). The molecule has 1 aromatic rings. The first-order chi connectivity index (χ1) is 9.51. The molecule has 1 saturated heterocycles. The van der Waals surface area contributed by atoms with E-state index in [4.69, 9.17) is 9.47 Å². The van der Waals surface area contributed by atoms with Crippen molar-refractivity contribution in [2.75, 3.05) is 7.11 Å². The van der Waals surface area contributed by atoms with Crippen molar-refractivity contribution in [1.82, 2.24) is 0 Å². The smallest absolute Gasteiger partial charge is 0.119 e. The molecule has 1 atom stereocenters. The maximum absolute atomic E-state index is 5.61. The molecule has 0 aromatic heterocycles. The summed E-state index contributed by atoms with van der Waals surface area (Å²) in [7, 11) is 1.71. The normalized spacial score (nSPS) is 20.8. The highest BCUT2D eigenvalue weighted by molar-refractivity contribution is 5.28. The Balaban J connectivity index is 1.72. The van der Waals surface area contributed by atoms with Crippen LogP contribution in [0.15, 0.2) is 35.9 Å². The van der Waals surface area contributed by atoms with Gasteiger partial charge in [-0.1, -0.05) is 23.8 Å². The lowest BCUT2D eigenvalue weighted by molar-refractivity contribution is 0.320. The van der Waals surface area contributed by atoms with E-state index in [0.29, 0.717) is 6.10 Å². The minimum Gasteiger partial charge on any atom is -0.497 e. The van der Waals surface area contributed by atoms with Gasteiger partial charge in [0.1, 0.15) is 5.75 Å². The summed E-state index contributed by atoms with van der Waals surface area (Å²) in [6.07, 6.45) is 7.27. The Kier molecular flexibility index (Phi) is 4.87. The van der Waals surface area contributed by atoms with Crippen LogP contribution in [-0.2, 0) is 11.2 Å². The molecule has 1 aliphatic heterocycles. The molecule has 0 amide bonds. The Hall–Kier alpha value is -1.28. The summed E-state index contributed by atoms with van der Waals surface area (Å²) in [5.74, 6) is 0.941. The predicted octanol–water partition coefficient (Wildman–Crippen LogP) is 4.53. The number of benzene rings is 1. The van der Waals surface area contributed by atoms with Crippen LogP contribution in [-0.4, -0.2) is 18.8 Å². The Morgan fingerprint density at radius 1 is 1.40 bits per heavy atom. The second kappa shape index (κ2) is 6.45. The molecule has 2 nitrogen and oxygen atoms in total. The summed E-state index contributed by atoms with van der Waals surface area (Å²) in [5, 5.41) is 0. The van der Waals surface area contributed by atoms with E-state index in [0.717, 1.165) is 31.4 Å². The third-order valence-corrected chi connectivity index (χ3v) is 4.02. The number of hydrogen-bond donors (Lipinski definition) is 0. The number of ether oxygens (including phenoxy) is 2. The summed E-state index contributed by atoms with van der Waals surface area (Å²) in [6, 6.07) is 8.31. The molecule has 0 spiro atoms. The Morgan fingerprint density at radius 3 is 2.80 bits per heavy atom. The molecule has 0 bridgehead atoms. The van der Waals surface area contributed by atoms with Crippen molar-refractivity contribution in [3.05, 3.63) is 41.5 Å². The van der Waals surface area contributed by atoms with Crippen molar-refractivity contribution in [3.63, 3.8) is 0 Å². The van der Waals surface area contributed by atoms with E-state index in [9.17, 15) is 0 Å². The summed E-state index contributed by atoms with van der Waals surface area (Å²) in [6.45, 7) is 6.56. The average molecular weight is 274 g/mol. The highest BCUT2D eigenvalue weighted by Crippen LogP contribution is 2.38. The summed E-state index contributed by atoms with van der Waals surface area (Å²) >= 11 is 0. The van der Waals surface area contributed by atoms with Crippen LogP contribution in [0.3, 0.4) is 0 Å². The van der Waals surface area contributed by atoms with Crippen LogP contribution in [0.5, 0.6) is 5.75 Å². The number of rotatable bonds is 7. The minimum atomic E-state index is 0.126. The Labute approximate surface area is 122 Å². The van der Waals surface area contributed by atoms with Gasteiger partial charge in [0.05, 0.1) is 18.8 Å². The first-order valence-corrected chi connectivity index (χ1v) is 7.47. The molecule has 1 fully saturated rings. The highest BCUT2D eigenvalue weighted by atomic mass is 16.6. The predicted molar refractivity (Wildman–Crippen MR) is 83.3 cm³/mol. The molecule has 110 valence electrons.